The summed E-state index contributed by atoms with van der Waals surface area (Å²) in [6.45, 7) is 2.05. The minimum atomic E-state index is -0.587. The highest BCUT2D eigenvalue weighted by atomic mass is 16.4. The Kier molecular flexibility index (Phi) is 2.92. The van der Waals surface area contributed by atoms with Crippen LogP contribution in [0.15, 0.2) is 0 Å². The molecule has 1 aliphatic rings. The van der Waals surface area contributed by atoms with E-state index in [-0.39, 0.29) is 5.92 Å². The molecule has 2 nitrogen and oxygen atoms in total. The van der Waals surface area contributed by atoms with Crippen LogP contribution in [-0.4, -0.2) is 11.1 Å². The van der Waals surface area contributed by atoms with Crippen molar-refractivity contribution in [3.8, 4) is 0 Å². The van der Waals surface area contributed by atoms with Gasteiger partial charge in [0, 0.05) is 0 Å². The Balaban J connectivity index is 2.37. The molecule has 2 heteroatoms. The molecular formula is C9H16O2. The molecule has 1 saturated carbocycles. The third kappa shape index (κ3) is 1.95. The molecule has 1 fully saturated rings. The monoisotopic (exact) mass is 156 g/mol. The third-order valence-electron chi connectivity index (χ3n) is 2.64. The molecule has 1 rings (SSSR count). The summed E-state index contributed by atoms with van der Waals surface area (Å²) in [6, 6.07) is 0. The van der Waals surface area contributed by atoms with Gasteiger partial charge in [0.05, 0.1) is 5.92 Å². The van der Waals surface area contributed by atoms with Gasteiger partial charge in [-0.3, -0.25) is 4.79 Å². The number of hydrogen-bond donors (Lipinski definition) is 1. The Labute approximate surface area is 67.6 Å². The van der Waals surface area contributed by atoms with Crippen molar-refractivity contribution in [2.45, 2.75) is 39.0 Å². The minimum Gasteiger partial charge on any atom is -0.481 e. The summed E-state index contributed by atoms with van der Waals surface area (Å²) in [4.78, 5) is 10.7. The fraction of sp³-hybridized carbons (Fsp3) is 0.889. The summed E-state index contributed by atoms with van der Waals surface area (Å²) < 4.78 is 0. The van der Waals surface area contributed by atoms with Gasteiger partial charge in [-0.1, -0.05) is 19.8 Å². The second-order valence-electron chi connectivity index (χ2n) is 3.42. The molecule has 0 radical (unpaired) electrons. The maximum Gasteiger partial charge on any atom is 0.306 e. The molecule has 0 aromatic rings. The molecule has 0 aromatic carbocycles. The van der Waals surface area contributed by atoms with E-state index < -0.39 is 5.97 Å². The van der Waals surface area contributed by atoms with Gasteiger partial charge in [0.15, 0.2) is 0 Å². The number of carbonyl (C=O) groups is 1. The van der Waals surface area contributed by atoms with Gasteiger partial charge in [-0.2, -0.15) is 0 Å². The lowest BCUT2D eigenvalue weighted by Gasteiger charge is -2.30. The normalized spacial score (nSPS) is 20.8. The molecule has 0 spiro atoms. The topological polar surface area (TPSA) is 37.3 Å². The van der Waals surface area contributed by atoms with E-state index in [1.807, 2.05) is 0 Å². The molecule has 1 aliphatic carbocycles. The quantitative estimate of drug-likeness (QED) is 0.678. The molecular weight excluding hydrogens is 140 g/mol. The first kappa shape index (κ1) is 8.57. The molecule has 64 valence electrons. The van der Waals surface area contributed by atoms with E-state index in [1.54, 1.807) is 0 Å². The Bertz CT molecular complexity index is 138. The molecule has 0 aliphatic heterocycles. The second kappa shape index (κ2) is 3.74. The fourth-order valence-corrected chi connectivity index (χ4v) is 1.71. The Morgan fingerprint density at radius 2 is 2.27 bits per heavy atom. The van der Waals surface area contributed by atoms with Crippen molar-refractivity contribution in [1.82, 2.24) is 0 Å². The number of aliphatic carboxylic acids is 1. The van der Waals surface area contributed by atoms with Crippen molar-refractivity contribution in [1.29, 1.82) is 0 Å². The van der Waals surface area contributed by atoms with E-state index >= 15 is 0 Å². The maximum absolute atomic E-state index is 10.7. The molecule has 11 heavy (non-hydrogen) atoms. The van der Waals surface area contributed by atoms with E-state index in [1.165, 1.54) is 6.42 Å². The van der Waals surface area contributed by atoms with Crippen LogP contribution in [0.1, 0.15) is 39.0 Å². The van der Waals surface area contributed by atoms with Gasteiger partial charge in [0.1, 0.15) is 0 Å². The summed E-state index contributed by atoms with van der Waals surface area (Å²) in [5.41, 5.74) is 0. The second-order valence-corrected chi connectivity index (χ2v) is 3.42. The van der Waals surface area contributed by atoms with Crippen LogP contribution in [0.25, 0.3) is 0 Å². The van der Waals surface area contributed by atoms with Gasteiger partial charge in [0.25, 0.3) is 0 Å². The van der Waals surface area contributed by atoms with Crippen LogP contribution >= 0.6 is 0 Å². The van der Waals surface area contributed by atoms with Crippen LogP contribution in [0.5, 0.6) is 0 Å². The van der Waals surface area contributed by atoms with Crippen molar-refractivity contribution >= 4 is 5.97 Å². The smallest absolute Gasteiger partial charge is 0.306 e. The Morgan fingerprint density at radius 1 is 1.64 bits per heavy atom. The predicted molar refractivity (Wildman–Crippen MR) is 43.4 cm³/mol. The minimum absolute atomic E-state index is 0.0475. The van der Waals surface area contributed by atoms with Crippen LogP contribution in [0.4, 0.5) is 0 Å². The summed E-state index contributed by atoms with van der Waals surface area (Å²) >= 11 is 0. The molecule has 1 N–H and O–H groups in total. The van der Waals surface area contributed by atoms with Crippen LogP contribution < -0.4 is 0 Å². The highest BCUT2D eigenvalue weighted by Gasteiger charge is 2.31. The van der Waals surface area contributed by atoms with Crippen molar-refractivity contribution < 1.29 is 9.90 Å². The lowest BCUT2D eigenvalue weighted by atomic mass is 9.74. The van der Waals surface area contributed by atoms with Crippen LogP contribution in [0, 0.1) is 11.8 Å². The molecule has 0 saturated heterocycles. The van der Waals surface area contributed by atoms with E-state index in [4.69, 9.17) is 5.11 Å². The maximum atomic E-state index is 10.7. The Morgan fingerprint density at radius 3 is 2.55 bits per heavy atom. The number of hydrogen-bond acceptors (Lipinski definition) is 1. The zero-order valence-electron chi connectivity index (χ0n) is 7.05. The first-order chi connectivity index (χ1) is 5.25. The van der Waals surface area contributed by atoms with E-state index in [9.17, 15) is 4.79 Å². The molecule has 1 atom stereocenters. The van der Waals surface area contributed by atoms with Gasteiger partial charge in [-0.05, 0) is 25.2 Å². The highest BCUT2D eigenvalue weighted by Crippen LogP contribution is 2.35. The summed E-state index contributed by atoms with van der Waals surface area (Å²) in [6.07, 6.45) is 5.36. The van der Waals surface area contributed by atoms with Crippen LogP contribution in [-0.2, 0) is 4.79 Å². The van der Waals surface area contributed by atoms with Crippen molar-refractivity contribution in [3.05, 3.63) is 0 Å². The average molecular weight is 156 g/mol. The number of rotatable bonds is 4. The number of carboxylic acids is 1. The lowest BCUT2D eigenvalue weighted by Crippen LogP contribution is -2.28. The van der Waals surface area contributed by atoms with Crippen LogP contribution in [0.2, 0.25) is 0 Å². The molecule has 0 bridgehead atoms. The standard InChI is InChI=1S/C9H16O2/c1-2-4-8(9(10)11)7-5-3-6-7/h7-8H,2-6H2,1H3,(H,10,11)/t8-/m0/s1. The first-order valence-corrected chi connectivity index (χ1v) is 4.48. The SMILES string of the molecule is CCC[C@H](C(=O)O)C1CCC1. The fourth-order valence-electron chi connectivity index (χ4n) is 1.71. The van der Waals surface area contributed by atoms with Crippen molar-refractivity contribution in [2.24, 2.45) is 11.8 Å². The van der Waals surface area contributed by atoms with E-state index in [2.05, 4.69) is 6.92 Å². The van der Waals surface area contributed by atoms with Gasteiger partial charge in [-0.15, -0.1) is 0 Å². The zero-order chi connectivity index (χ0) is 8.27. The van der Waals surface area contributed by atoms with Gasteiger partial charge in [-0.25, -0.2) is 0 Å². The number of carboxylic acid groups (broad SMARTS) is 1. The molecule has 0 unspecified atom stereocenters. The lowest BCUT2D eigenvalue weighted by molar-refractivity contribution is -0.145. The summed E-state index contributed by atoms with van der Waals surface area (Å²) in [7, 11) is 0. The van der Waals surface area contributed by atoms with Crippen LogP contribution in [0.3, 0.4) is 0 Å². The van der Waals surface area contributed by atoms with Crippen molar-refractivity contribution in [2.75, 3.05) is 0 Å². The van der Waals surface area contributed by atoms with Crippen molar-refractivity contribution in [3.63, 3.8) is 0 Å². The molecule has 0 aromatic heterocycles. The third-order valence-corrected chi connectivity index (χ3v) is 2.64. The summed E-state index contributed by atoms with van der Waals surface area (Å²) in [5, 5.41) is 8.84. The largest absolute Gasteiger partial charge is 0.481 e. The van der Waals surface area contributed by atoms with E-state index in [0.29, 0.717) is 5.92 Å². The first-order valence-electron chi connectivity index (χ1n) is 4.48. The summed E-state index contributed by atoms with van der Waals surface area (Å²) in [5.74, 6) is -0.141. The van der Waals surface area contributed by atoms with Gasteiger partial charge < -0.3 is 5.11 Å². The average Bonchev–Trinajstić information content (AvgIpc) is 1.82. The van der Waals surface area contributed by atoms with Gasteiger partial charge >= 0.3 is 5.97 Å². The molecule has 0 heterocycles. The molecule has 0 amide bonds. The Hall–Kier alpha value is -0.530. The van der Waals surface area contributed by atoms with Gasteiger partial charge in [0.2, 0.25) is 0 Å². The highest BCUT2D eigenvalue weighted by molar-refractivity contribution is 5.70. The zero-order valence-corrected chi connectivity index (χ0v) is 7.05. The van der Waals surface area contributed by atoms with E-state index in [0.717, 1.165) is 25.7 Å². The predicted octanol–water partition coefficient (Wildman–Crippen LogP) is 2.29.